The van der Waals surface area contributed by atoms with E-state index < -0.39 is 0 Å². The minimum absolute atomic E-state index is 0.685. The highest BCUT2D eigenvalue weighted by atomic mass is 32.2. The van der Waals surface area contributed by atoms with Crippen LogP contribution >= 0.6 is 23.1 Å². The molecule has 1 N–H and O–H groups in total. The van der Waals surface area contributed by atoms with Crippen LogP contribution in [0.2, 0.25) is 0 Å². The molecule has 17 heavy (non-hydrogen) atoms. The van der Waals surface area contributed by atoms with E-state index in [2.05, 4.69) is 27.2 Å². The summed E-state index contributed by atoms with van der Waals surface area (Å²) >= 11 is 3.21. The van der Waals surface area contributed by atoms with Crippen LogP contribution < -0.4 is 5.32 Å². The summed E-state index contributed by atoms with van der Waals surface area (Å²) in [6.45, 7) is 5.00. The Hall–Kier alpha value is -1.14. The first kappa shape index (κ1) is 12.3. The van der Waals surface area contributed by atoms with Crippen LogP contribution in [-0.4, -0.2) is 21.5 Å². The summed E-state index contributed by atoms with van der Waals surface area (Å²) in [4.78, 5) is 13.0. The van der Waals surface area contributed by atoms with E-state index in [1.54, 1.807) is 29.3 Å². The summed E-state index contributed by atoms with van der Waals surface area (Å²) in [5, 5.41) is 6.14. The zero-order valence-corrected chi connectivity index (χ0v) is 11.4. The highest BCUT2D eigenvalue weighted by Gasteiger charge is 2.04. The molecule has 0 aliphatic heterocycles. The molecule has 0 aromatic carbocycles. The van der Waals surface area contributed by atoms with Crippen molar-refractivity contribution in [2.75, 3.05) is 11.9 Å². The number of nitrogens with zero attached hydrogens (tertiary/aromatic N) is 3. The lowest BCUT2D eigenvalue weighted by Gasteiger charge is -2.03. The third-order valence-corrected chi connectivity index (χ3v) is 3.95. The molecule has 0 fully saturated rings. The van der Waals surface area contributed by atoms with Gasteiger partial charge in [-0.1, -0.05) is 6.92 Å². The maximum atomic E-state index is 4.42. The molecule has 0 bridgehead atoms. The fourth-order valence-corrected chi connectivity index (χ4v) is 2.93. The maximum absolute atomic E-state index is 4.42. The minimum atomic E-state index is 0.685. The van der Waals surface area contributed by atoms with Crippen LogP contribution in [0, 0.1) is 6.92 Å². The second-order valence-electron chi connectivity index (χ2n) is 3.50. The van der Waals surface area contributed by atoms with Gasteiger partial charge in [-0.3, -0.25) is 0 Å². The van der Waals surface area contributed by atoms with Crippen molar-refractivity contribution in [3.05, 3.63) is 23.3 Å². The Morgan fingerprint density at radius 3 is 3.00 bits per heavy atom. The lowest BCUT2D eigenvalue weighted by atomic mass is 10.5. The molecule has 0 aliphatic rings. The van der Waals surface area contributed by atoms with Gasteiger partial charge in [0.1, 0.15) is 5.03 Å². The van der Waals surface area contributed by atoms with Gasteiger partial charge in [-0.2, -0.15) is 0 Å². The lowest BCUT2D eigenvalue weighted by Crippen LogP contribution is -2.03. The van der Waals surface area contributed by atoms with Gasteiger partial charge in [0.25, 0.3) is 0 Å². The highest BCUT2D eigenvalue weighted by Crippen LogP contribution is 2.28. The topological polar surface area (TPSA) is 50.7 Å². The zero-order chi connectivity index (χ0) is 12.1. The molecule has 2 aromatic heterocycles. The van der Waals surface area contributed by atoms with Gasteiger partial charge in [0, 0.05) is 23.8 Å². The Morgan fingerprint density at radius 2 is 2.29 bits per heavy atom. The molecule has 0 spiro atoms. The number of rotatable bonds is 5. The summed E-state index contributed by atoms with van der Waals surface area (Å²) in [6, 6.07) is 1.90. The van der Waals surface area contributed by atoms with Gasteiger partial charge in [0.05, 0.1) is 0 Å². The molecule has 0 unspecified atom stereocenters. The number of hydrogen-bond donors (Lipinski definition) is 1. The number of aryl methyl sites for hydroxylation is 1. The predicted octanol–water partition coefficient (Wildman–Crippen LogP) is 3.21. The van der Waals surface area contributed by atoms with E-state index in [-0.39, 0.29) is 0 Å². The monoisotopic (exact) mass is 266 g/mol. The summed E-state index contributed by atoms with van der Waals surface area (Å²) < 4.78 is 1.02. The van der Waals surface area contributed by atoms with Crippen LogP contribution in [0.1, 0.15) is 19.0 Å². The van der Waals surface area contributed by atoms with E-state index in [4.69, 9.17) is 0 Å². The molecule has 0 atom stereocenters. The number of nitrogens with one attached hydrogen (secondary N) is 1. The summed E-state index contributed by atoms with van der Waals surface area (Å²) in [5.74, 6) is 0.685. The van der Waals surface area contributed by atoms with Crippen molar-refractivity contribution in [2.45, 2.75) is 29.6 Å². The first-order valence-corrected chi connectivity index (χ1v) is 7.14. The normalized spacial score (nSPS) is 10.5. The molecular weight excluding hydrogens is 252 g/mol. The summed E-state index contributed by atoms with van der Waals surface area (Å²) in [7, 11) is 0. The minimum Gasteiger partial charge on any atom is -0.354 e. The Labute approximate surface area is 109 Å². The number of aromatic nitrogens is 3. The smallest absolute Gasteiger partial charge is 0.223 e. The first-order chi connectivity index (χ1) is 8.28. The van der Waals surface area contributed by atoms with Crippen molar-refractivity contribution < 1.29 is 0 Å². The maximum Gasteiger partial charge on any atom is 0.223 e. The van der Waals surface area contributed by atoms with Gasteiger partial charge >= 0.3 is 0 Å². The van der Waals surface area contributed by atoms with Crippen LogP contribution in [0.25, 0.3) is 0 Å². The Bertz CT molecular complexity index is 484. The van der Waals surface area contributed by atoms with Gasteiger partial charge in [-0.25, -0.2) is 15.0 Å². The summed E-state index contributed by atoms with van der Waals surface area (Å²) in [6.07, 6.45) is 2.83. The van der Waals surface area contributed by atoms with Crippen LogP contribution in [0.4, 0.5) is 5.95 Å². The molecule has 6 heteroatoms. The fourth-order valence-electron chi connectivity index (χ4n) is 1.19. The third kappa shape index (κ3) is 3.67. The molecule has 2 aromatic rings. The predicted molar refractivity (Wildman–Crippen MR) is 71.8 cm³/mol. The summed E-state index contributed by atoms with van der Waals surface area (Å²) in [5.41, 5.74) is 1.05. The number of thiazole rings is 1. The molecule has 90 valence electrons. The quantitative estimate of drug-likeness (QED) is 0.842. The Kier molecular flexibility index (Phi) is 4.33. The van der Waals surface area contributed by atoms with Crippen molar-refractivity contribution in [1.82, 2.24) is 15.0 Å². The average molecular weight is 266 g/mol. The first-order valence-electron chi connectivity index (χ1n) is 5.45. The number of anilines is 1. The lowest BCUT2D eigenvalue weighted by molar-refractivity contribution is 0.935. The van der Waals surface area contributed by atoms with Crippen LogP contribution in [0.3, 0.4) is 0 Å². The van der Waals surface area contributed by atoms with Gasteiger partial charge in [0.15, 0.2) is 4.34 Å². The zero-order valence-electron chi connectivity index (χ0n) is 9.80. The molecule has 0 amide bonds. The molecular formula is C11H14N4S2. The van der Waals surface area contributed by atoms with Crippen molar-refractivity contribution in [3.63, 3.8) is 0 Å². The molecule has 2 rings (SSSR count). The SMILES string of the molecule is CCCNc1nccc(Sc2nc(C)cs2)n1. The number of hydrogen-bond acceptors (Lipinski definition) is 6. The van der Waals surface area contributed by atoms with Gasteiger partial charge in [0.2, 0.25) is 5.95 Å². The van der Waals surface area contributed by atoms with Gasteiger partial charge < -0.3 is 5.32 Å². The van der Waals surface area contributed by atoms with E-state index in [1.165, 1.54) is 0 Å². The van der Waals surface area contributed by atoms with Crippen LogP contribution in [0.5, 0.6) is 0 Å². The fraction of sp³-hybridized carbons (Fsp3) is 0.364. The van der Waals surface area contributed by atoms with Crippen molar-refractivity contribution in [3.8, 4) is 0 Å². The molecule has 0 saturated heterocycles. The van der Waals surface area contributed by atoms with E-state index in [0.717, 1.165) is 28.0 Å². The van der Waals surface area contributed by atoms with E-state index in [9.17, 15) is 0 Å². The standard InChI is InChI=1S/C11H14N4S2/c1-3-5-12-10-13-6-4-9(15-10)17-11-14-8(2)7-16-11/h4,6-7H,3,5H2,1-2H3,(H,12,13,15). The highest BCUT2D eigenvalue weighted by molar-refractivity contribution is 8.01. The molecule has 0 aliphatic carbocycles. The average Bonchev–Trinajstić information content (AvgIpc) is 2.73. The van der Waals surface area contributed by atoms with Crippen LogP contribution in [0.15, 0.2) is 27.0 Å². The largest absolute Gasteiger partial charge is 0.354 e. The van der Waals surface area contributed by atoms with Gasteiger partial charge in [-0.05, 0) is 31.2 Å². The van der Waals surface area contributed by atoms with Crippen LogP contribution in [-0.2, 0) is 0 Å². The molecule has 0 radical (unpaired) electrons. The molecule has 0 saturated carbocycles. The van der Waals surface area contributed by atoms with E-state index in [1.807, 2.05) is 18.4 Å². The second kappa shape index (κ2) is 5.97. The van der Waals surface area contributed by atoms with Crippen molar-refractivity contribution >= 4 is 29.0 Å². The Balaban J connectivity index is 2.05. The molecule has 2 heterocycles. The van der Waals surface area contributed by atoms with E-state index in [0.29, 0.717) is 5.95 Å². The van der Waals surface area contributed by atoms with Crippen molar-refractivity contribution in [1.29, 1.82) is 0 Å². The molecule has 4 nitrogen and oxygen atoms in total. The Morgan fingerprint density at radius 1 is 1.41 bits per heavy atom. The van der Waals surface area contributed by atoms with Crippen molar-refractivity contribution in [2.24, 2.45) is 0 Å². The van der Waals surface area contributed by atoms with E-state index >= 15 is 0 Å². The van der Waals surface area contributed by atoms with Gasteiger partial charge in [-0.15, -0.1) is 11.3 Å². The second-order valence-corrected chi connectivity index (χ2v) is 5.63. The third-order valence-electron chi connectivity index (χ3n) is 1.95.